The van der Waals surface area contributed by atoms with E-state index in [-0.39, 0.29) is 0 Å². The van der Waals surface area contributed by atoms with Gasteiger partial charge in [-0.25, -0.2) is 9.97 Å². The predicted molar refractivity (Wildman–Crippen MR) is 56.1 cm³/mol. The molecular weight excluding hydrogens is 174 g/mol. The van der Waals surface area contributed by atoms with Gasteiger partial charge in [-0.2, -0.15) is 0 Å². The fourth-order valence-electron chi connectivity index (χ4n) is 2.16. The number of hydrogen-bond acceptors (Lipinski definition) is 3. The molecule has 0 amide bonds. The van der Waals surface area contributed by atoms with Crippen molar-refractivity contribution in [2.45, 2.75) is 37.6 Å². The first-order valence-electron chi connectivity index (χ1n) is 5.34. The highest BCUT2D eigenvalue weighted by Crippen LogP contribution is 2.30. The molecule has 0 atom stereocenters. The van der Waals surface area contributed by atoms with Crippen LogP contribution in [-0.4, -0.2) is 23.1 Å². The Morgan fingerprint density at radius 3 is 2.36 bits per heavy atom. The summed E-state index contributed by atoms with van der Waals surface area (Å²) in [6.07, 6.45) is 8.61. The maximum atomic E-state index is 4.32. The van der Waals surface area contributed by atoms with Gasteiger partial charge in [-0.05, 0) is 38.8 Å². The lowest BCUT2D eigenvalue weighted by Gasteiger charge is -2.27. The maximum absolute atomic E-state index is 4.32. The molecule has 3 heteroatoms. The Balaban J connectivity index is 1.96. The highest BCUT2D eigenvalue weighted by molar-refractivity contribution is 4.99. The fourth-order valence-corrected chi connectivity index (χ4v) is 2.16. The fraction of sp³-hybridized carbons (Fsp3) is 0.636. The Morgan fingerprint density at radius 1 is 1.14 bits per heavy atom. The van der Waals surface area contributed by atoms with E-state index in [4.69, 9.17) is 0 Å². The lowest BCUT2D eigenvalue weighted by molar-refractivity contribution is 0.350. The van der Waals surface area contributed by atoms with Crippen molar-refractivity contribution < 1.29 is 0 Å². The van der Waals surface area contributed by atoms with Crippen molar-refractivity contribution in [3.63, 3.8) is 0 Å². The quantitative estimate of drug-likeness (QED) is 0.773. The molecule has 1 aliphatic rings. The van der Waals surface area contributed by atoms with E-state index in [1.165, 1.54) is 25.7 Å². The van der Waals surface area contributed by atoms with Crippen LogP contribution in [0.15, 0.2) is 18.5 Å². The Labute approximate surface area is 85.0 Å². The van der Waals surface area contributed by atoms with Crippen molar-refractivity contribution in [1.29, 1.82) is 0 Å². The molecule has 1 heterocycles. The van der Waals surface area contributed by atoms with Crippen molar-refractivity contribution in [2.75, 3.05) is 7.05 Å². The Kier molecular flexibility index (Phi) is 3.09. The predicted octanol–water partition coefficient (Wildman–Crippen LogP) is 1.72. The molecule has 3 nitrogen and oxygen atoms in total. The van der Waals surface area contributed by atoms with Crippen molar-refractivity contribution >= 4 is 0 Å². The topological polar surface area (TPSA) is 37.8 Å². The first-order chi connectivity index (χ1) is 6.90. The molecule has 2 rings (SSSR count). The van der Waals surface area contributed by atoms with Crippen LogP contribution in [0.1, 0.15) is 37.4 Å². The van der Waals surface area contributed by atoms with Crippen LogP contribution >= 0.6 is 0 Å². The van der Waals surface area contributed by atoms with Gasteiger partial charge in [0.2, 0.25) is 0 Å². The van der Waals surface area contributed by atoms with Crippen LogP contribution in [0, 0.1) is 0 Å². The van der Waals surface area contributed by atoms with E-state index in [0.717, 1.165) is 5.82 Å². The second kappa shape index (κ2) is 4.51. The molecule has 1 fully saturated rings. The van der Waals surface area contributed by atoms with Crippen molar-refractivity contribution in [1.82, 2.24) is 15.3 Å². The zero-order valence-corrected chi connectivity index (χ0v) is 8.61. The summed E-state index contributed by atoms with van der Waals surface area (Å²) >= 11 is 0. The molecular formula is C11H17N3. The third-order valence-electron chi connectivity index (χ3n) is 3.09. The van der Waals surface area contributed by atoms with Crippen molar-refractivity contribution in [2.24, 2.45) is 0 Å². The molecule has 1 aliphatic carbocycles. The van der Waals surface area contributed by atoms with Crippen LogP contribution in [-0.2, 0) is 0 Å². The van der Waals surface area contributed by atoms with Gasteiger partial charge in [-0.3, -0.25) is 0 Å². The van der Waals surface area contributed by atoms with Crippen LogP contribution in [0.4, 0.5) is 0 Å². The van der Waals surface area contributed by atoms with E-state index in [1.807, 2.05) is 25.5 Å². The highest BCUT2D eigenvalue weighted by Gasteiger charge is 2.22. The third-order valence-corrected chi connectivity index (χ3v) is 3.09. The van der Waals surface area contributed by atoms with Gasteiger partial charge in [-0.15, -0.1) is 0 Å². The Bertz CT molecular complexity index is 265. The summed E-state index contributed by atoms with van der Waals surface area (Å²) in [7, 11) is 2.05. The molecule has 0 saturated heterocycles. The molecule has 0 bridgehead atoms. The summed E-state index contributed by atoms with van der Waals surface area (Å²) in [6.45, 7) is 0. The molecule has 1 N–H and O–H groups in total. The number of nitrogens with zero attached hydrogens (tertiary/aromatic N) is 2. The van der Waals surface area contributed by atoms with Gasteiger partial charge < -0.3 is 5.32 Å². The first-order valence-corrected chi connectivity index (χ1v) is 5.34. The van der Waals surface area contributed by atoms with Gasteiger partial charge in [0.15, 0.2) is 0 Å². The van der Waals surface area contributed by atoms with E-state index >= 15 is 0 Å². The Hall–Kier alpha value is -0.960. The van der Waals surface area contributed by atoms with Crippen LogP contribution in [0.2, 0.25) is 0 Å². The third kappa shape index (κ3) is 2.10. The molecule has 0 aromatic carbocycles. The van der Waals surface area contributed by atoms with Gasteiger partial charge in [-0.1, -0.05) is 0 Å². The van der Waals surface area contributed by atoms with E-state index in [0.29, 0.717) is 12.0 Å². The molecule has 0 radical (unpaired) electrons. The molecule has 76 valence electrons. The van der Waals surface area contributed by atoms with E-state index < -0.39 is 0 Å². The SMILES string of the molecule is CNC1CCC(c2ncccn2)CC1. The van der Waals surface area contributed by atoms with Crippen molar-refractivity contribution in [3.8, 4) is 0 Å². The molecule has 0 unspecified atom stereocenters. The first kappa shape index (κ1) is 9.59. The standard InChI is InChI=1S/C11H17N3/c1-12-10-5-3-9(4-6-10)11-13-7-2-8-14-11/h2,7-10,12H,3-6H2,1H3. The average molecular weight is 191 g/mol. The monoisotopic (exact) mass is 191 g/mol. The smallest absolute Gasteiger partial charge is 0.131 e. The minimum absolute atomic E-state index is 0.584. The second-order valence-electron chi connectivity index (χ2n) is 3.94. The minimum atomic E-state index is 0.584. The van der Waals surface area contributed by atoms with E-state index in [2.05, 4.69) is 15.3 Å². The normalized spacial score (nSPS) is 27.5. The van der Waals surface area contributed by atoms with E-state index in [9.17, 15) is 0 Å². The van der Waals surface area contributed by atoms with Crippen molar-refractivity contribution in [3.05, 3.63) is 24.3 Å². The number of aromatic nitrogens is 2. The molecule has 0 spiro atoms. The van der Waals surface area contributed by atoms with Gasteiger partial charge in [0.05, 0.1) is 0 Å². The largest absolute Gasteiger partial charge is 0.317 e. The molecule has 1 saturated carbocycles. The lowest BCUT2D eigenvalue weighted by atomic mass is 9.85. The molecule has 1 aromatic heterocycles. The minimum Gasteiger partial charge on any atom is -0.317 e. The summed E-state index contributed by atoms with van der Waals surface area (Å²) in [5.74, 6) is 1.61. The van der Waals surface area contributed by atoms with Gasteiger partial charge >= 0.3 is 0 Å². The summed E-state index contributed by atoms with van der Waals surface area (Å²) < 4.78 is 0. The summed E-state index contributed by atoms with van der Waals surface area (Å²) in [6, 6.07) is 2.58. The Morgan fingerprint density at radius 2 is 1.79 bits per heavy atom. The molecule has 1 aromatic rings. The zero-order valence-electron chi connectivity index (χ0n) is 8.61. The summed E-state index contributed by atoms with van der Waals surface area (Å²) in [4.78, 5) is 8.64. The van der Waals surface area contributed by atoms with Crippen LogP contribution in [0.3, 0.4) is 0 Å². The van der Waals surface area contributed by atoms with Crippen LogP contribution in [0.5, 0.6) is 0 Å². The van der Waals surface area contributed by atoms with Crippen LogP contribution < -0.4 is 5.32 Å². The number of nitrogens with one attached hydrogen (secondary N) is 1. The van der Waals surface area contributed by atoms with Crippen LogP contribution in [0.25, 0.3) is 0 Å². The zero-order chi connectivity index (χ0) is 9.80. The molecule has 14 heavy (non-hydrogen) atoms. The highest BCUT2D eigenvalue weighted by atomic mass is 14.9. The summed E-state index contributed by atoms with van der Waals surface area (Å²) in [5.41, 5.74) is 0. The van der Waals surface area contributed by atoms with Gasteiger partial charge in [0, 0.05) is 24.4 Å². The summed E-state index contributed by atoms with van der Waals surface area (Å²) in [5, 5.41) is 3.34. The lowest BCUT2D eigenvalue weighted by Crippen LogP contribution is -2.29. The average Bonchev–Trinajstić information content (AvgIpc) is 2.30. The van der Waals surface area contributed by atoms with Gasteiger partial charge in [0.1, 0.15) is 5.82 Å². The van der Waals surface area contributed by atoms with E-state index in [1.54, 1.807) is 0 Å². The second-order valence-corrected chi connectivity index (χ2v) is 3.94. The van der Waals surface area contributed by atoms with Gasteiger partial charge in [0.25, 0.3) is 0 Å². The number of hydrogen-bond donors (Lipinski definition) is 1. The number of rotatable bonds is 2. The maximum Gasteiger partial charge on any atom is 0.131 e. The molecule has 0 aliphatic heterocycles.